The average Bonchev–Trinajstić information content (AvgIpc) is 2.41. The van der Waals surface area contributed by atoms with E-state index >= 15 is 0 Å². The van der Waals surface area contributed by atoms with Crippen LogP contribution in [0, 0.1) is 13.8 Å². The number of aryl methyl sites for hydroxylation is 2. The molecule has 0 spiro atoms. The maximum Gasteiger partial charge on any atom is 0.0888 e. The van der Waals surface area contributed by atoms with Crippen molar-refractivity contribution in [2.75, 3.05) is 7.11 Å². The Kier molecular flexibility index (Phi) is 3.72. The van der Waals surface area contributed by atoms with E-state index in [4.69, 9.17) is 4.74 Å². The number of nitrogens with zero attached hydrogens (tertiary/aromatic N) is 2. The zero-order chi connectivity index (χ0) is 13.1. The van der Waals surface area contributed by atoms with Crippen LogP contribution < -0.4 is 0 Å². The Morgan fingerprint density at radius 1 is 1.06 bits per heavy atom. The van der Waals surface area contributed by atoms with Crippen LogP contribution in [-0.2, 0) is 4.74 Å². The molecule has 0 saturated carbocycles. The zero-order valence-electron chi connectivity index (χ0n) is 11.3. The van der Waals surface area contributed by atoms with E-state index in [-0.39, 0.29) is 6.10 Å². The average molecular weight is 242 g/mol. The summed E-state index contributed by atoms with van der Waals surface area (Å²) in [5.74, 6) is 0. The number of benzene rings is 1. The first-order valence-corrected chi connectivity index (χ1v) is 6.05. The molecule has 2 aromatic rings. The Labute approximate surface area is 108 Å². The fourth-order valence-corrected chi connectivity index (χ4v) is 1.74. The predicted molar refractivity (Wildman–Crippen MR) is 72.4 cm³/mol. The van der Waals surface area contributed by atoms with Gasteiger partial charge in [0.2, 0.25) is 0 Å². The molecule has 1 aromatic heterocycles. The number of methoxy groups -OCH3 is 1. The first-order chi connectivity index (χ1) is 8.61. The number of ether oxygens (including phenoxy) is 1. The topological polar surface area (TPSA) is 35.0 Å². The summed E-state index contributed by atoms with van der Waals surface area (Å²) in [5.41, 5.74) is 5.11. The minimum atomic E-state index is 0.116. The van der Waals surface area contributed by atoms with Crippen LogP contribution in [0.25, 0.3) is 11.3 Å². The lowest BCUT2D eigenvalue weighted by atomic mass is 10.1. The van der Waals surface area contributed by atoms with Gasteiger partial charge in [0.05, 0.1) is 29.4 Å². The summed E-state index contributed by atoms with van der Waals surface area (Å²) >= 11 is 0. The molecule has 3 heteroatoms. The third kappa shape index (κ3) is 2.57. The highest BCUT2D eigenvalue weighted by atomic mass is 16.5. The zero-order valence-corrected chi connectivity index (χ0v) is 11.3. The second-order valence-corrected chi connectivity index (χ2v) is 4.43. The monoisotopic (exact) mass is 242 g/mol. The molecular formula is C15H18N2O. The molecule has 0 bridgehead atoms. The molecule has 0 aliphatic carbocycles. The van der Waals surface area contributed by atoms with Crippen LogP contribution in [0.3, 0.4) is 0 Å². The largest absolute Gasteiger partial charge is 0.377 e. The molecule has 1 heterocycles. The molecule has 0 N–H and O–H groups in total. The van der Waals surface area contributed by atoms with Crippen LogP contribution in [0.15, 0.2) is 30.5 Å². The highest BCUT2D eigenvalue weighted by molar-refractivity contribution is 5.58. The number of rotatable bonds is 3. The van der Waals surface area contributed by atoms with E-state index in [0.717, 1.165) is 28.2 Å². The van der Waals surface area contributed by atoms with Crippen LogP contribution in [0.2, 0.25) is 0 Å². The maximum atomic E-state index is 5.29. The van der Waals surface area contributed by atoms with E-state index in [2.05, 4.69) is 34.2 Å². The fourth-order valence-electron chi connectivity index (χ4n) is 1.74. The van der Waals surface area contributed by atoms with Gasteiger partial charge in [-0.3, -0.25) is 4.98 Å². The Bertz CT molecular complexity index is 535. The summed E-state index contributed by atoms with van der Waals surface area (Å²) in [6.07, 6.45) is 1.93. The van der Waals surface area contributed by atoms with Crippen molar-refractivity contribution in [2.45, 2.75) is 26.9 Å². The minimum absolute atomic E-state index is 0.116. The summed E-state index contributed by atoms with van der Waals surface area (Å²) in [6.45, 7) is 5.98. The molecule has 0 amide bonds. The van der Waals surface area contributed by atoms with Crippen molar-refractivity contribution in [1.29, 1.82) is 0 Å². The van der Waals surface area contributed by atoms with Crippen LogP contribution in [0.5, 0.6) is 0 Å². The van der Waals surface area contributed by atoms with Crippen LogP contribution in [0.1, 0.15) is 30.0 Å². The van der Waals surface area contributed by atoms with Crippen molar-refractivity contribution in [1.82, 2.24) is 9.97 Å². The van der Waals surface area contributed by atoms with Crippen LogP contribution >= 0.6 is 0 Å². The molecule has 18 heavy (non-hydrogen) atoms. The summed E-state index contributed by atoms with van der Waals surface area (Å²) in [6, 6.07) is 8.26. The van der Waals surface area contributed by atoms with Gasteiger partial charge in [0.1, 0.15) is 0 Å². The van der Waals surface area contributed by atoms with Crippen molar-refractivity contribution in [3.63, 3.8) is 0 Å². The summed E-state index contributed by atoms with van der Waals surface area (Å²) in [5, 5.41) is 0. The van der Waals surface area contributed by atoms with Gasteiger partial charge in [-0.15, -0.1) is 0 Å². The molecule has 2 rings (SSSR count). The van der Waals surface area contributed by atoms with Gasteiger partial charge < -0.3 is 4.74 Å². The normalized spacial score (nSPS) is 12.4. The van der Waals surface area contributed by atoms with E-state index in [0.29, 0.717) is 0 Å². The van der Waals surface area contributed by atoms with Gasteiger partial charge in [-0.05, 0) is 26.3 Å². The second-order valence-electron chi connectivity index (χ2n) is 4.43. The van der Waals surface area contributed by atoms with Crippen molar-refractivity contribution in [3.05, 3.63) is 47.4 Å². The van der Waals surface area contributed by atoms with Gasteiger partial charge in [0, 0.05) is 12.7 Å². The molecule has 0 unspecified atom stereocenters. The fraction of sp³-hybridized carbons (Fsp3) is 0.333. The molecule has 0 fully saturated rings. The highest BCUT2D eigenvalue weighted by Gasteiger charge is 2.06. The summed E-state index contributed by atoms with van der Waals surface area (Å²) < 4.78 is 5.29. The van der Waals surface area contributed by atoms with Crippen LogP contribution in [0.4, 0.5) is 0 Å². The lowest BCUT2D eigenvalue weighted by molar-refractivity contribution is 0.119. The molecule has 3 nitrogen and oxygen atoms in total. The lowest BCUT2D eigenvalue weighted by Gasteiger charge is -2.10. The van der Waals surface area contributed by atoms with E-state index in [1.54, 1.807) is 7.11 Å². The molecule has 0 radical (unpaired) electrons. The Hall–Kier alpha value is -1.74. The predicted octanol–water partition coefficient (Wildman–Crippen LogP) is 3.47. The van der Waals surface area contributed by atoms with E-state index in [9.17, 15) is 0 Å². The van der Waals surface area contributed by atoms with Crippen molar-refractivity contribution in [3.8, 4) is 11.3 Å². The Morgan fingerprint density at radius 3 is 2.28 bits per heavy atom. The van der Waals surface area contributed by atoms with Gasteiger partial charge in [0.25, 0.3) is 0 Å². The van der Waals surface area contributed by atoms with Crippen LogP contribution in [-0.4, -0.2) is 17.1 Å². The molecule has 0 aliphatic heterocycles. The maximum absolute atomic E-state index is 5.29. The second kappa shape index (κ2) is 5.27. The molecular weight excluding hydrogens is 224 g/mol. The van der Waals surface area contributed by atoms with Gasteiger partial charge in [-0.2, -0.15) is 0 Å². The molecule has 94 valence electrons. The summed E-state index contributed by atoms with van der Waals surface area (Å²) in [4.78, 5) is 8.89. The first kappa shape index (κ1) is 12.7. The van der Waals surface area contributed by atoms with Crippen molar-refractivity contribution < 1.29 is 4.74 Å². The quantitative estimate of drug-likeness (QED) is 0.826. The van der Waals surface area contributed by atoms with E-state index < -0.39 is 0 Å². The van der Waals surface area contributed by atoms with Gasteiger partial charge in [-0.25, -0.2) is 4.98 Å². The molecule has 1 atom stereocenters. The minimum Gasteiger partial charge on any atom is -0.377 e. The van der Waals surface area contributed by atoms with Gasteiger partial charge >= 0.3 is 0 Å². The lowest BCUT2D eigenvalue weighted by Crippen LogP contribution is -1.96. The van der Waals surface area contributed by atoms with Gasteiger partial charge in [0.15, 0.2) is 0 Å². The third-order valence-corrected chi connectivity index (χ3v) is 3.22. The Balaban J connectivity index is 2.31. The third-order valence-electron chi connectivity index (χ3n) is 3.22. The standard InChI is InChI=1S/C15H18N2O/c1-10-11(2)17-15(9-16-10)14-7-5-13(6-8-14)12(3)18-4/h5-9,12H,1-4H3/t12-/m0/s1. The first-order valence-electron chi connectivity index (χ1n) is 6.05. The number of hydrogen-bond acceptors (Lipinski definition) is 3. The Morgan fingerprint density at radius 2 is 1.72 bits per heavy atom. The number of hydrogen-bond donors (Lipinski definition) is 0. The summed E-state index contributed by atoms with van der Waals surface area (Å²) in [7, 11) is 1.72. The van der Waals surface area contributed by atoms with Gasteiger partial charge in [-0.1, -0.05) is 24.3 Å². The molecule has 1 aromatic carbocycles. The highest BCUT2D eigenvalue weighted by Crippen LogP contribution is 2.21. The molecule has 0 aliphatic rings. The van der Waals surface area contributed by atoms with E-state index in [1.807, 2.05) is 27.0 Å². The van der Waals surface area contributed by atoms with E-state index in [1.165, 1.54) is 0 Å². The van der Waals surface area contributed by atoms with Crippen molar-refractivity contribution in [2.24, 2.45) is 0 Å². The SMILES string of the molecule is CO[C@@H](C)c1ccc(-c2cnc(C)c(C)n2)cc1. The number of aromatic nitrogens is 2. The van der Waals surface area contributed by atoms with Crippen molar-refractivity contribution >= 4 is 0 Å². The molecule has 0 saturated heterocycles. The smallest absolute Gasteiger partial charge is 0.0888 e.